The molecule has 4 heteroatoms. The van der Waals surface area contributed by atoms with Crippen LogP contribution >= 0.6 is 0 Å². The standard InChI is InChI=1S/C20H18N4/c1-4-10-16(11-5-1)19-20(21-17-12-6-2-7-13-17)23-24(22-19)18-14-8-3-9-15-18/h1-15,19,22H,(H,21,23). The molecule has 2 N–H and O–H groups in total. The van der Waals surface area contributed by atoms with E-state index in [1.54, 1.807) is 0 Å². The fourth-order valence-corrected chi connectivity index (χ4v) is 2.73. The number of hydrogen-bond acceptors (Lipinski definition) is 3. The van der Waals surface area contributed by atoms with Crippen molar-refractivity contribution in [1.29, 1.82) is 0 Å². The Hall–Kier alpha value is -3.11. The summed E-state index contributed by atoms with van der Waals surface area (Å²) in [5.41, 5.74) is 9.99. The lowest BCUT2D eigenvalue weighted by Crippen LogP contribution is -2.39. The monoisotopic (exact) mass is 314 g/mol. The predicted molar refractivity (Wildman–Crippen MR) is 97.9 cm³/mol. The lowest BCUT2D eigenvalue weighted by molar-refractivity contribution is 0.648. The number of nitrogens with zero attached hydrogens (tertiary/aromatic N) is 2. The van der Waals surface area contributed by atoms with Gasteiger partial charge in [-0.15, -0.1) is 0 Å². The van der Waals surface area contributed by atoms with Crippen LogP contribution in [0, 0.1) is 0 Å². The first-order chi connectivity index (χ1) is 11.9. The van der Waals surface area contributed by atoms with E-state index in [1.807, 2.05) is 84.0 Å². The fourth-order valence-electron chi connectivity index (χ4n) is 2.73. The Bertz CT molecular complexity index is 816. The molecule has 0 bridgehead atoms. The van der Waals surface area contributed by atoms with Gasteiger partial charge in [0.25, 0.3) is 0 Å². The van der Waals surface area contributed by atoms with Crippen LogP contribution in [0.4, 0.5) is 11.4 Å². The zero-order valence-corrected chi connectivity index (χ0v) is 13.1. The average Bonchev–Trinajstić information content (AvgIpc) is 3.08. The van der Waals surface area contributed by atoms with Crippen molar-refractivity contribution in [3.05, 3.63) is 96.6 Å². The highest BCUT2D eigenvalue weighted by atomic mass is 15.8. The van der Waals surface area contributed by atoms with Crippen molar-refractivity contribution in [2.24, 2.45) is 4.99 Å². The number of benzene rings is 3. The number of nitrogens with one attached hydrogen (secondary N) is 2. The molecule has 1 aliphatic rings. The van der Waals surface area contributed by atoms with E-state index in [0.717, 1.165) is 22.8 Å². The molecule has 1 atom stereocenters. The Kier molecular flexibility index (Phi) is 3.96. The molecule has 3 aromatic carbocycles. The minimum atomic E-state index is -0.0217. The van der Waals surface area contributed by atoms with E-state index < -0.39 is 0 Å². The zero-order chi connectivity index (χ0) is 16.2. The highest BCUT2D eigenvalue weighted by Gasteiger charge is 2.29. The zero-order valence-electron chi connectivity index (χ0n) is 13.1. The van der Waals surface area contributed by atoms with Crippen molar-refractivity contribution in [3.63, 3.8) is 0 Å². The number of aliphatic imine (C=N–C) groups is 1. The number of hydrogen-bond donors (Lipinski definition) is 2. The van der Waals surface area contributed by atoms with Gasteiger partial charge in [0.15, 0.2) is 0 Å². The van der Waals surface area contributed by atoms with Gasteiger partial charge in [0.2, 0.25) is 0 Å². The van der Waals surface area contributed by atoms with Crippen molar-refractivity contribution < 1.29 is 0 Å². The first-order valence-electron chi connectivity index (χ1n) is 7.97. The summed E-state index contributed by atoms with van der Waals surface area (Å²) in [6, 6.07) is 30.4. The molecule has 0 amide bonds. The van der Waals surface area contributed by atoms with Crippen LogP contribution in [0.5, 0.6) is 0 Å². The van der Waals surface area contributed by atoms with E-state index in [0.29, 0.717) is 0 Å². The average molecular weight is 314 g/mol. The van der Waals surface area contributed by atoms with Crippen molar-refractivity contribution >= 4 is 17.2 Å². The van der Waals surface area contributed by atoms with E-state index in [1.165, 1.54) is 0 Å². The number of anilines is 1. The molecule has 0 aromatic heterocycles. The minimum absolute atomic E-state index is 0.0217. The summed E-state index contributed by atoms with van der Waals surface area (Å²) >= 11 is 0. The van der Waals surface area contributed by atoms with Gasteiger partial charge >= 0.3 is 0 Å². The Morgan fingerprint density at radius 2 is 1.29 bits per heavy atom. The molecule has 0 radical (unpaired) electrons. The number of amidine groups is 1. The van der Waals surface area contributed by atoms with Gasteiger partial charge in [0.1, 0.15) is 11.9 Å². The molecule has 1 saturated heterocycles. The van der Waals surface area contributed by atoms with Gasteiger partial charge < -0.3 is 0 Å². The third kappa shape index (κ3) is 3.00. The Labute approximate surface area is 141 Å². The lowest BCUT2D eigenvalue weighted by atomic mass is 10.1. The molecule has 1 unspecified atom stereocenters. The number of hydrazine groups is 2. The van der Waals surface area contributed by atoms with Gasteiger partial charge in [0, 0.05) is 0 Å². The molecule has 0 saturated carbocycles. The van der Waals surface area contributed by atoms with Crippen LogP contribution in [0.2, 0.25) is 0 Å². The smallest absolute Gasteiger partial charge is 0.146 e. The predicted octanol–water partition coefficient (Wildman–Crippen LogP) is 3.99. The molecule has 0 spiro atoms. The van der Waals surface area contributed by atoms with Gasteiger partial charge in [0.05, 0.1) is 11.4 Å². The molecule has 4 rings (SSSR count). The van der Waals surface area contributed by atoms with Crippen LogP contribution in [0.25, 0.3) is 0 Å². The third-order valence-corrected chi connectivity index (χ3v) is 3.91. The quantitative estimate of drug-likeness (QED) is 0.768. The second kappa shape index (κ2) is 6.56. The van der Waals surface area contributed by atoms with Crippen molar-refractivity contribution in [3.8, 4) is 0 Å². The first kappa shape index (κ1) is 14.5. The summed E-state index contributed by atoms with van der Waals surface area (Å²) < 4.78 is 0. The van der Waals surface area contributed by atoms with E-state index in [2.05, 4.69) is 23.0 Å². The molecule has 3 aromatic rings. The summed E-state index contributed by atoms with van der Waals surface area (Å²) in [4.78, 5) is 4.79. The summed E-state index contributed by atoms with van der Waals surface area (Å²) in [7, 11) is 0. The summed E-state index contributed by atoms with van der Waals surface area (Å²) in [5, 5.41) is 1.92. The first-order valence-corrected chi connectivity index (χ1v) is 7.97. The van der Waals surface area contributed by atoms with Crippen LogP contribution in [0.1, 0.15) is 11.6 Å². The minimum Gasteiger partial charge on any atom is -0.269 e. The second-order valence-electron chi connectivity index (χ2n) is 5.59. The van der Waals surface area contributed by atoms with Crippen LogP contribution < -0.4 is 16.0 Å². The molecule has 1 aliphatic heterocycles. The fraction of sp³-hybridized carbons (Fsp3) is 0.0500. The second-order valence-corrected chi connectivity index (χ2v) is 5.59. The maximum atomic E-state index is 4.79. The highest BCUT2D eigenvalue weighted by molar-refractivity contribution is 5.94. The third-order valence-electron chi connectivity index (χ3n) is 3.91. The summed E-state index contributed by atoms with van der Waals surface area (Å²) in [6.45, 7) is 0. The summed E-state index contributed by atoms with van der Waals surface area (Å²) in [6.07, 6.45) is 0. The largest absolute Gasteiger partial charge is 0.269 e. The van der Waals surface area contributed by atoms with Crippen molar-refractivity contribution in [2.45, 2.75) is 6.04 Å². The molecule has 24 heavy (non-hydrogen) atoms. The molecule has 4 nitrogen and oxygen atoms in total. The van der Waals surface area contributed by atoms with Crippen LogP contribution in [0.3, 0.4) is 0 Å². The van der Waals surface area contributed by atoms with Crippen molar-refractivity contribution in [2.75, 3.05) is 5.12 Å². The topological polar surface area (TPSA) is 39.7 Å². The van der Waals surface area contributed by atoms with Gasteiger partial charge in [-0.25, -0.2) is 10.1 Å². The van der Waals surface area contributed by atoms with Gasteiger partial charge in [-0.2, -0.15) is 5.43 Å². The molecule has 0 aliphatic carbocycles. The maximum absolute atomic E-state index is 4.79. The van der Waals surface area contributed by atoms with E-state index >= 15 is 0 Å². The van der Waals surface area contributed by atoms with E-state index in [-0.39, 0.29) is 6.04 Å². The molecular formula is C20H18N4. The van der Waals surface area contributed by atoms with Crippen molar-refractivity contribution in [1.82, 2.24) is 10.9 Å². The molecular weight excluding hydrogens is 296 g/mol. The molecule has 1 fully saturated rings. The van der Waals surface area contributed by atoms with Crippen LogP contribution in [-0.4, -0.2) is 5.84 Å². The van der Waals surface area contributed by atoms with Crippen LogP contribution in [-0.2, 0) is 0 Å². The number of para-hydroxylation sites is 2. The van der Waals surface area contributed by atoms with Crippen LogP contribution in [0.15, 0.2) is 96.0 Å². The van der Waals surface area contributed by atoms with Gasteiger partial charge in [-0.1, -0.05) is 66.7 Å². The highest BCUT2D eigenvalue weighted by Crippen LogP contribution is 2.24. The normalized spacial score (nSPS) is 18.6. The Morgan fingerprint density at radius 1 is 0.708 bits per heavy atom. The Morgan fingerprint density at radius 3 is 1.96 bits per heavy atom. The molecule has 118 valence electrons. The number of rotatable bonds is 3. The Balaban J connectivity index is 1.70. The van der Waals surface area contributed by atoms with Gasteiger partial charge in [-0.3, -0.25) is 5.43 Å². The summed E-state index contributed by atoms with van der Waals surface area (Å²) in [5.74, 6) is 0.872. The van der Waals surface area contributed by atoms with Gasteiger partial charge in [-0.05, 0) is 29.8 Å². The lowest BCUT2D eigenvalue weighted by Gasteiger charge is -2.18. The molecule has 1 heterocycles. The maximum Gasteiger partial charge on any atom is 0.146 e. The SMILES string of the molecule is c1ccc(N=C2NN(c3ccccc3)NC2c2ccccc2)cc1. The van der Waals surface area contributed by atoms with E-state index in [9.17, 15) is 0 Å². The van der Waals surface area contributed by atoms with E-state index in [4.69, 9.17) is 4.99 Å².